The Balaban J connectivity index is 1.74. The molecule has 2 amide bonds. The van der Waals surface area contributed by atoms with Crippen molar-refractivity contribution in [1.82, 2.24) is 20.0 Å². The van der Waals surface area contributed by atoms with Gasteiger partial charge in [-0.2, -0.15) is 0 Å². The van der Waals surface area contributed by atoms with Gasteiger partial charge in [0.2, 0.25) is 11.8 Å². The van der Waals surface area contributed by atoms with Crippen molar-refractivity contribution < 1.29 is 9.59 Å². The fourth-order valence-electron chi connectivity index (χ4n) is 2.77. The van der Waals surface area contributed by atoms with E-state index in [1.165, 1.54) is 0 Å². The van der Waals surface area contributed by atoms with Crippen LogP contribution in [0.25, 0.3) is 0 Å². The first-order valence-electron chi connectivity index (χ1n) is 8.60. The third-order valence-electron chi connectivity index (χ3n) is 4.34. The van der Waals surface area contributed by atoms with Crippen LogP contribution in [0.15, 0.2) is 24.3 Å². The Kier molecular flexibility index (Phi) is 7.68. The molecular weight excluding hydrogens is 340 g/mol. The number of carbonyl (C=O) groups excluding carboxylic acids is 2. The highest BCUT2D eigenvalue weighted by Gasteiger charge is 2.19. The summed E-state index contributed by atoms with van der Waals surface area (Å²) in [6, 6.07) is 7.51. The number of halogens is 1. The molecule has 0 spiro atoms. The fourth-order valence-corrected chi connectivity index (χ4v) is 2.97. The maximum Gasteiger partial charge on any atom is 0.236 e. The van der Waals surface area contributed by atoms with Crippen molar-refractivity contribution in [2.24, 2.45) is 0 Å². The zero-order chi connectivity index (χ0) is 18.2. The van der Waals surface area contributed by atoms with Crippen LogP contribution in [0.2, 0.25) is 5.02 Å². The third-order valence-corrected chi connectivity index (χ3v) is 4.71. The molecular formula is C18H27ClN4O2. The lowest BCUT2D eigenvalue weighted by Crippen LogP contribution is -2.40. The van der Waals surface area contributed by atoms with Gasteiger partial charge in [-0.05, 0) is 31.1 Å². The van der Waals surface area contributed by atoms with Crippen molar-refractivity contribution in [2.45, 2.75) is 13.0 Å². The topological polar surface area (TPSA) is 55.9 Å². The number of amides is 2. The minimum absolute atomic E-state index is 0.00209. The van der Waals surface area contributed by atoms with Crippen LogP contribution in [0.3, 0.4) is 0 Å². The van der Waals surface area contributed by atoms with Crippen molar-refractivity contribution in [3.8, 4) is 0 Å². The maximum absolute atomic E-state index is 12.2. The SMILES string of the molecule is CN(C)C(=O)CN1CCCN(CC(=O)NCc2ccccc2Cl)CC1. The molecule has 1 aliphatic rings. The third kappa shape index (κ3) is 6.65. The highest BCUT2D eigenvalue weighted by Crippen LogP contribution is 2.14. The standard InChI is InChI=1S/C18H27ClN4O2/c1-21(2)18(25)14-23-9-5-8-22(10-11-23)13-17(24)20-12-15-6-3-4-7-16(15)19/h3-4,6-7H,5,8-14H2,1-2H3,(H,20,24). The van der Waals surface area contributed by atoms with Crippen LogP contribution in [0.4, 0.5) is 0 Å². The average molecular weight is 367 g/mol. The summed E-state index contributed by atoms with van der Waals surface area (Å²) in [5, 5.41) is 3.59. The number of likely N-dealkylation sites (N-methyl/N-ethyl adjacent to an activating group) is 1. The Labute approximate surface area is 154 Å². The van der Waals surface area contributed by atoms with E-state index < -0.39 is 0 Å². The van der Waals surface area contributed by atoms with Crippen LogP contribution in [-0.2, 0) is 16.1 Å². The van der Waals surface area contributed by atoms with E-state index in [0.29, 0.717) is 24.7 Å². The number of nitrogens with one attached hydrogen (secondary N) is 1. The molecule has 1 aliphatic heterocycles. The van der Waals surface area contributed by atoms with Crippen molar-refractivity contribution >= 4 is 23.4 Å². The zero-order valence-electron chi connectivity index (χ0n) is 15.0. The summed E-state index contributed by atoms with van der Waals surface area (Å²) in [6.45, 7) is 4.61. The lowest BCUT2D eigenvalue weighted by atomic mass is 10.2. The molecule has 7 heteroatoms. The molecule has 6 nitrogen and oxygen atoms in total. The van der Waals surface area contributed by atoms with Gasteiger partial charge in [0.25, 0.3) is 0 Å². The summed E-state index contributed by atoms with van der Waals surface area (Å²) in [7, 11) is 3.55. The van der Waals surface area contributed by atoms with Gasteiger partial charge >= 0.3 is 0 Å². The van der Waals surface area contributed by atoms with Crippen LogP contribution in [0.5, 0.6) is 0 Å². The monoisotopic (exact) mass is 366 g/mol. The van der Waals surface area contributed by atoms with Gasteiger partial charge in [-0.3, -0.25) is 19.4 Å². The molecule has 1 fully saturated rings. The zero-order valence-corrected chi connectivity index (χ0v) is 15.8. The van der Waals surface area contributed by atoms with Crippen LogP contribution in [0.1, 0.15) is 12.0 Å². The molecule has 0 saturated carbocycles. The molecule has 2 rings (SSSR count). The number of carbonyl (C=O) groups is 2. The molecule has 1 heterocycles. The highest BCUT2D eigenvalue weighted by atomic mass is 35.5. The maximum atomic E-state index is 12.2. The van der Waals surface area contributed by atoms with Crippen molar-refractivity contribution in [3.63, 3.8) is 0 Å². The van der Waals surface area contributed by atoms with Gasteiger partial charge in [0.1, 0.15) is 0 Å². The van der Waals surface area contributed by atoms with E-state index in [0.717, 1.165) is 38.2 Å². The van der Waals surface area contributed by atoms with Crippen LogP contribution < -0.4 is 5.32 Å². The van der Waals surface area contributed by atoms with E-state index in [1.807, 2.05) is 24.3 Å². The van der Waals surface area contributed by atoms with Gasteiger partial charge in [0.15, 0.2) is 0 Å². The minimum Gasteiger partial charge on any atom is -0.351 e. The molecule has 0 radical (unpaired) electrons. The van der Waals surface area contributed by atoms with Gasteiger partial charge in [0.05, 0.1) is 13.1 Å². The number of hydrogen-bond acceptors (Lipinski definition) is 4. The summed E-state index contributed by atoms with van der Waals surface area (Å²) in [4.78, 5) is 29.9. The first kappa shape index (κ1) is 19.7. The first-order chi connectivity index (χ1) is 12.0. The van der Waals surface area contributed by atoms with E-state index in [-0.39, 0.29) is 11.8 Å². The quantitative estimate of drug-likeness (QED) is 0.817. The smallest absolute Gasteiger partial charge is 0.236 e. The summed E-state index contributed by atoms with van der Waals surface area (Å²) >= 11 is 6.10. The molecule has 0 unspecified atom stereocenters. The Morgan fingerprint density at radius 1 is 1.08 bits per heavy atom. The Bertz CT molecular complexity index is 594. The predicted octanol–water partition coefficient (Wildman–Crippen LogP) is 1.05. The van der Waals surface area contributed by atoms with Gasteiger partial charge < -0.3 is 10.2 Å². The van der Waals surface area contributed by atoms with Crippen molar-refractivity contribution in [3.05, 3.63) is 34.9 Å². The fraction of sp³-hybridized carbons (Fsp3) is 0.556. The summed E-state index contributed by atoms with van der Waals surface area (Å²) < 4.78 is 0. The number of nitrogens with zero attached hydrogens (tertiary/aromatic N) is 3. The normalized spacial score (nSPS) is 16.3. The van der Waals surface area contributed by atoms with E-state index in [2.05, 4.69) is 15.1 Å². The lowest BCUT2D eigenvalue weighted by Gasteiger charge is -2.22. The summed E-state index contributed by atoms with van der Waals surface area (Å²) in [5.41, 5.74) is 0.918. The second kappa shape index (κ2) is 9.75. The lowest BCUT2D eigenvalue weighted by molar-refractivity contribution is -0.130. The Morgan fingerprint density at radius 3 is 2.36 bits per heavy atom. The van der Waals surface area contributed by atoms with Crippen LogP contribution in [-0.4, -0.2) is 79.9 Å². The summed E-state index contributed by atoms with van der Waals surface area (Å²) in [6.07, 6.45) is 0.957. The Hall–Kier alpha value is -1.63. The van der Waals surface area contributed by atoms with Crippen LogP contribution in [0, 0.1) is 0 Å². The van der Waals surface area contributed by atoms with Gasteiger partial charge in [-0.1, -0.05) is 29.8 Å². The predicted molar refractivity (Wildman–Crippen MR) is 99.5 cm³/mol. The highest BCUT2D eigenvalue weighted by molar-refractivity contribution is 6.31. The van der Waals surface area contributed by atoms with Gasteiger partial charge in [-0.25, -0.2) is 0 Å². The first-order valence-corrected chi connectivity index (χ1v) is 8.98. The molecule has 0 aliphatic carbocycles. The molecule has 0 aromatic heterocycles. The molecule has 1 aromatic carbocycles. The number of hydrogen-bond donors (Lipinski definition) is 1. The van der Waals surface area contributed by atoms with Gasteiger partial charge in [-0.15, -0.1) is 0 Å². The van der Waals surface area contributed by atoms with Crippen LogP contribution >= 0.6 is 11.6 Å². The van der Waals surface area contributed by atoms with Gasteiger partial charge in [0, 0.05) is 38.8 Å². The molecule has 1 saturated heterocycles. The number of benzene rings is 1. The second-order valence-electron chi connectivity index (χ2n) is 6.56. The molecule has 0 atom stereocenters. The van der Waals surface area contributed by atoms with E-state index in [1.54, 1.807) is 19.0 Å². The molecule has 1 aromatic rings. The number of rotatable bonds is 6. The van der Waals surface area contributed by atoms with E-state index in [4.69, 9.17) is 11.6 Å². The van der Waals surface area contributed by atoms with Crippen molar-refractivity contribution in [1.29, 1.82) is 0 Å². The molecule has 138 valence electrons. The van der Waals surface area contributed by atoms with E-state index >= 15 is 0 Å². The molecule has 0 bridgehead atoms. The average Bonchev–Trinajstić information content (AvgIpc) is 2.79. The molecule has 1 N–H and O–H groups in total. The second-order valence-corrected chi connectivity index (χ2v) is 6.97. The summed E-state index contributed by atoms with van der Waals surface area (Å²) in [5.74, 6) is 0.115. The molecule has 25 heavy (non-hydrogen) atoms. The minimum atomic E-state index is -0.00209. The van der Waals surface area contributed by atoms with Crippen molar-refractivity contribution in [2.75, 3.05) is 53.4 Å². The Morgan fingerprint density at radius 2 is 1.72 bits per heavy atom. The van der Waals surface area contributed by atoms with E-state index in [9.17, 15) is 9.59 Å². The largest absolute Gasteiger partial charge is 0.351 e.